The molecule has 0 saturated heterocycles. The van der Waals surface area contributed by atoms with Gasteiger partial charge in [0.15, 0.2) is 0 Å². The van der Waals surface area contributed by atoms with E-state index in [-0.39, 0.29) is 17.2 Å². The summed E-state index contributed by atoms with van der Waals surface area (Å²) in [4.78, 5) is 13.4. The summed E-state index contributed by atoms with van der Waals surface area (Å²) in [6.45, 7) is 3.55. The number of hydrogen-bond donors (Lipinski definition) is 1. The molecule has 3 rings (SSSR count). The molecule has 7 nitrogen and oxygen atoms in total. The normalized spacial score (nSPS) is 14.3. The molecule has 1 amide bonds. The summed E-state index contributed by atoms with van der Waals surface area (Å²) in [6.07, 6.45) is 0.222. The van der Waals surface area contributed by atoms with Crippen molar-refractivity contribution in [3.8, 4) is 0 Å². The van der Waals surface area contributed by atoms with Crippen LogP contribution in [0.25, 0.3) is 0 Å². The van der Waals surface area contributed by atoms with Gasteiger partial charge in [0.1, 0.15) is 0 Å². The highest BCUT2D eigenvalue weighted by atomic mass is 32.2. The van der Waals surface area contributed by atoms with Crippen molar-refractivity contribution in [3.63, 3.8) is 0 Å². The van der Waals surface area contributed by atoms with Crippen molar-refractivity contribution in [1.29, 1.82) is 0 Å². The van der Waals surface area contributed by atoms with E-state index in [0.717, 1.165) is 16.9 Å². The number of sulfonamides is 1. The molecular formula is C15H18N4O3S. The van der Waals surface area contributed by atoms with Crippen LogP contribution in [0.4, 0.5) is 11.4 Å². The van der Waals surface area contributed by atoms with E-state index < -0.39 is 10.0 Å². The van der Waals surface area contributed by atoms with Gasteiger partial charge in [-0.1, -0.05) is 0 Å². The van der Waals surface area contributed by atoms with E-state index in [1.807, 2.05) is 0 Å². The maximum atomic E-state index is 12.6. The molecule has 1 aliphatic heterocycles. The molecule has 0 radical (unpaired) electrons. The van der Waals surface area contributed by atoms with Gasteiger partial charge in [-0.2, -0.15) is 5.10 Å². The fourth-order valence-electron chi connectivity index (χ4n) is 2.73. The maximum absolute atomic E-state index is 12.6. The highest BCUT2D eigenvalue weighted by molar-refractivity contribution is 7.92. The predicted molar refractivity (Wildman–Crippen MR) is 87.0 cm³/mol. The first-order valence-corrected chi connectivity index (χ1v) is 8.61. The number of nitrogens with zero attached hydrogens (tertiary/aromatic N) is 3. The molecular weight excluding hydrogens is 316 g/mol. The number of hydrogen-bond acceptors (Lipinski definition) is 4. The van der Waals surface area contributed by atoms with Crippen molar-refractivity contribution in [3.05, 3.63) is 35.2 Å². The zero-order valence-electron chi connectivity index (χ0n) is 13.4. The van der Waals surface area contributed by atoms with Gasteiger partial charge in [0.05, 0.1) is 28.4 Å². The number of aromatic nitrogens is 2. The molecule has 0 unspecified atom stereocenters. The lowest BCUT2D eigenvalue weighted by atomic mass is 10.2. The van der Waals surface area contributed by atoms with Crippen molar-refractivity contribution >= 4 is 27.3 Å². The Morgan fingerprint density at radius 3 is 2.52 bits per heavy atom. The highest BCUT2D eigenvalue weighted by Crippen LogP contribution is 2.31. The number of rotatable bonds is 3. The number of anilines is 2. The molecule has 122 valence electrons. The zero-order chi connectivity index (χ0) is 16.9. The van der Waals surface area contributed by atoms with E-state index in [1.165, 1.54) is 11.0 Å². The van der Waals surface area contributed by atoms with Crippen LogP contribution < -0.4 is 9.62 Å². The van der Waals surface area contributed by atoms with E-state index in [4.69, 9.17) is 0 Å². The number of likely N-dealkylation sites (N-methyl/N-ethyl adjacent to an activating group) is 1. The van der Waals surface area contributed by atoms with E-state index in [9.17, 15) is 13.2 Å². The average Bonchev–Trinajstić information content (AvgIpc) is 2.90. The van der Waals surface area contributed by atoms with Crippen molar-refractivity contribution in [2.45, 2.75) is 25.2 Å². The largest absolute Gasteiger partial charge is 0.315 e. The number of fused-ring (bicyclic) bond motifs is 1. The summed E-state index contributed by atoms with van der Waals surface area (Å²) in [5.74, 6) is -0.0403. The second-order valence-corrected chi connectivity index (χ2v) is 7.38. The minimum atomic E-state index is -3.73. The Hall–Kier alpha value is -2.35. The zero-order valence-corrected chi connectivity index (χ0v) is 14.2. The van der Waals surface area contributed by atoms with Gasteiger partial charge < -0.3 is 4.90 Å². The molecule has 0 bridgehead atoms. The number of carbonyl (C=O) groups excluding carboxylic acids is 1. The topological polar surface area (TPSA) is 84.3 Å². The Labute approximate surface area is 135 Å². The van der Waals surface area contributed by atoms with Crippen molar-refractivity contribution in [2.24, 2.45) is 7.05 Å². The Kier molecular flexibility index (Phi) is 3.44. The molecule has 0 saturated carbocycles. The maximum Gasteiger partial charge on any atom is 0.262 e. The second-order valence-electron chi connectivity index (χ2n) is 5.69. The van der Waals surface area contributed by atoms with Gasteiger partial charge in [-0.3, -0.25) is 14.2 Å². The first-order valence-electron chi connectivity index (χ1n) is 7.13. The van der Waals surface area contributed by atoms with Gasteiger partial charge in [-0.05, 0) is 37.6 Å². The smallest absolute Gasteiger partial charge is 0.262 e. The Bertz CT molecular complexity index is 915. The molecule has 8 heteroatoms. The van der Waals surface area contributed by atoms with Gasteiger partial charge in [0.25, 0.3) is 10.0 Å². The van der Waals surface area contributed by atoms with E-state index in [1.54, 1.807) is 44.8 Å². The monoisotopic (exact) mass is 334 g/mol. The number of amides is 1. The van der Waals surface area contributed by atoms with Crippen LogP contribution >= 0.6 is 0 Å². The van der Waals surface area contributed by atoms with Gasteiger partial charge in [-0.25, -0.2) is 8.42 Å². The number of nitrogens with one attached hydrogen (secondary N) is 1. The van der Waals surface area contributed by atoms with Gasteiger partial charge >= 0.3 is 0 Å². The summed E-state index contributed by atoms with van der Waals surface area (Å²) in [5, 5.41) is 4.20. The molecule has 0 aliphatic carbocycles. The van der Waals surface area contributed by atoms with E-state index in [0.29, 0.717) is 11.4 Å². The van der Waals surface area contributed by atoms with E-state index >= 15 is 0 Å². The summed E-state index contributed by atoms with van der Waals surface area (Å²) in [7, 11) is -0.290. The lowest BCUT2D eigenvalue weighted by Crippen LogP contribution is -2.20. The Morgan fingerprint density at radius 1 is 1.22 bits per heavy atom. The molecule has 0 fully saturated rings. The lowest BCUT2D eigenvalue weighted by molar-refractivity contribution is -0.117. The quantitative estimate of drug-likeness (QED) is 0.918. The van der Waals surface area contributed by atoms with Crippen molar-refractivity contribution < 1.29 is 13.2 Å². The van der Waals surface area contributed by atoms with Crippen molar-refractivity contribution in [2.75, 3.05) is 16.7 Å². The van der Waals surface area contributed by atoms with Crippen LogP contribution in [0.3, 0.4) is 0 Å². The standard InChI is InChI=1S/C15H18N4O3S/c1-9-15(10(2)19(4)16-9)17-23(21,22)12-5-6-13-11(7-12)8-14(20)18(13)3/h5-7,17H,8H2,1-4H3. The summed E-state index contributed by atoms with van der Waals surface area (Å²) < 4.78 is 29.5. The molecule has 1 aromatic carbocycles. The van der Waals surface area contributed by atoms with E-state index in [2.05, 4.69) is 9.82 Å². The third-order valence-electron chi connectivity index (χ3n) is 4.18. The fourth-order valence-corrected chi connectivity index (χ4v) is 3.95. The molecule has 2 aromatic rings. The van der Waals surface area contributed by atoms with Crippen molar-refractivity contribution in [1.82, 2.24) is 9.78 Å². The molecule has 1 aromatic heterocycles. The number of aryl methyl sites for hydroxylation is 2. The highest BCUT2D eigenvalue weighted by Gasteiger charge is 2.27. The molecule has 2 heterocycles. The first kappa shape index (κ1) is 15.5. The molecule has 23 heavy (non-hydrogen) atoms. The van der Waals surface area contributed by atoms with Crippen LogP contribution in [0, 0.1) is 13.8 Å². The molecule has 1 N–H and O–H groups in total. The third-order valence-corrected chi connectivity index (χ3v) is 5.53. The predicted octanol–water partition coefficient (Wildman–Crippen LogP) is 1.36. The minimum Gasteiger partial charge on any atom is -0.315 e. The molecule has 0 atom stereocenters. The summed E-state index contributed by atoms with van der Waals surface area (Å²) in [6, 6.07) is 4.73. The van der Waals surface area contributed by atoms with Gasteiger partial charge in [0.2, 0.25) is 5.91 Å². The Balaban J connectivity index is 1.98. The van der Waals surface area contributed by atoms with Crippen LogP contribution in [0.1, 0.15) is 17.0 Å². The lowest BCUT2D eigenvalue weighted by Gasteiger charge is -2.12. The van der Waals surface area contributed by atoms with Crippen LogP contribution in [0.5, 0.6) is 0 Å². The molecule has 0 spiro atoms. The second kappa shape index (κ2) is 5.09. The van der Waals surface area contributed by atoms with Crippen LogP contribution in [0.15, 0.2) is 23.1 Å². The van der Waals surface area contributed by atoms with Crippen LogP contribution in [-0.4, -0.2) is 31.2 Å². The average molecular weight is 334 g/mol. The molecule has 1 aliphatic rings. The van der Waals surface area contributed by atoms with Crippen LogP contribution in [0.2, 0.25) is 0 Å². The van der Waals surface area contributed by atoms with Gasteiger partial charge in [-0.15, -0.1) is 0 Å². The number of carbonyl (C=O) groups is 1. The summed E-state index contributed by atoms with van der Waals surface area (Å²) in [5.41, 5.74) is 3.32. The van der Waals surface area contributed by atoms with Gasteiger partial charge in [0, 0.05) is 19.8 Å². The third kappa shape index (κ3) is 2.48. The fraction of sp³-hybridized carbons (Fsp3) is 0.333. The SMILES string of the molecule is Cc1nn(C)c(C)c1NS(=O)(=O)c1ccc2c(c1)CC(=O)N2C. The van der Waals surface area contributed by atoms with Crippen LogP contribution in [-0.2, 0) is 28.3 Å². The number of benzene rings is 1. The Morgan fingerprint density at radius 2 is 1.91 bits per heavy atom. The summed E-state index contributed by atoms with van der Waals surface area (Å²) >= 11 is 0. The minimum absolute atomic E-state index is 0.0403. The first-order chi connectivity index (χ1) is 10.7.